The number of methoxy groups -OCH3 is 1. The van der Waals surface area contributed by atoms with Crippen LogP contribution in [0.2, 0.25) is 0 Å². The summed E-state index contributed by atoms with van der Waals surface area (Å²) >= 11 is 12.2. The van der Waals surface area contributed by atoms with Gasteiger partial charge in [0, 0.05) is 47.1 Å². The Kier molecular flexibility index (Phi) is 19.3. The Balaban J connectivity index is 0.000000186. The van der Waals surface area contributed by atoms with Crippen molar-refractivity contribution in [1.82, 2.24) is 9.97 Å². The van der Waals surface area contributed by atoms with Gasteiger partial charge in [0.15, 0.2) is 0 Å². The third-order valence-corrected chi connectivity index (χ3v) is 15.0. The molecule has 2 aliphatic heterocycles. The van der Waals surface area contributed by atoms with Crippen LogP contribution in [0.4, 0.5) is 8.78 Å². The number of hydrogen-bond acceptors (Lipinski definition) is 16. The average Bonchev–Trinajstić information content (AvgIpc) is 4.09. The summed E-state index contributed by atoms with van der Waals surface area (Å²) in [6, 6.07) is 30.5. The number of aliphatic hydroxyl groups is 8. The van der Waals surface area contributed by atoms with Crippen molar-refractivity contribution in [1.29, 1.82) is 0 Å². The van der Waals surface area contributed by atoms with Gasteiger partial charge in [0.1, 0.15) is 84.2 Å². The molecule has 2 saturated heterocycles. The van der Waals surface area contributed by atoms with Crippen LogP contribution >= 0.6 is 69.9 Å². The first-order valence-corrected chi connectivity index (χ1v) is 27.7. The molecule has 75 heavy (non-hydrogen) atoms. The van der Waals surface area contributed by atoms with E-state index < -0.39 is 74.3 Å². The monoisotopic (exact) mass is 1260 g/mol. The Bertz CT molecular complexity index is 3190. The van der Waals surface area contributed by atoms with Gasteiger partial charge in [-0.25, -0.2) is 18.7 Å². The molecule has 10 atom stereocenters. The van der Waals surface area contributed by atoms with E-state index >= 15 is 0 Å². The third-order valence-electron chi connectivity index (χ3n) is 12.9. The van der Waals surface area contributed by atoms with E-state index in [0.29, 0.717) is 39.6 Å². The van der Waals surface area contributed by atoms with Crippen LogP contribution in [0.3, 0.4) is 0 Å². The van der Waals surface area contributed by atoms with E-state index in [9.17, 15) is 54.7 Å². The minimum absolute atomic E-state index is 0.0625. The van der Waals surface area contributed by atoms with Crippen LogP contribution in [0, 0.1) is 11.6 Å². The molecule has 0 unspecified atom stereocenters. The molecule has 4 heterocycles. The van der Waals surface area contributed by atoms with Crippen LogP contribution < -0.4 is 4.74 Å². The number of rotatable bonds is 11. The fourth-order valence-corrected chi connectivity index (χ4v) is 11.1. The Morgan fingerprint density at radius 1 is 0.560 bits per heavy atom. The minimum Gasteiger partial charge on any atom is -0.507 e. The Labute approximate surface area is 462 Å². The highest BCUT2D eigenvalue weighted by Crippen LogP contribution is 2.44. The van der Waals surface area contributed by atoms with Crippen LogP contribution in [-0.4, -0.2) is 128 Å². The number of halogens is 5. The second kappa shape index (κ2) is 25.4. The summed E-state index contributed by atoms with van der Waals surface area (Å²) in [6.07, 6.45) is -8.69. The Morgan fingerprint density at radius 2 is 0.947 bits per heavy atom. The quantitative estimate of drug-likeness (QED) is 0.0555. The zero-order valence-electron chi connectivity index (χ0n) is 39.6. The number of benzene rings is 6. The first-order valence-electron chi connectivity index (χ1n) is 23.3. The molecule has 0 radical (unpaired) electrons. The lowest BCUT2D eigenvalue weighted by Gasteiger charge is -2.40. The number of nitrogens with zero attached hydrogens (tertiary/aromatic N) is 2. The summed E-state index contributed by atoms with van der Waals surface area (Å²) in [5.74, 6) is 0.0929. The van der Waals surface area contributed by atoms with Gasteiger partial charge in [-0.2, -0.15) is 0 Å². The number of thiazole rings is 2. The normalized spacial score (nSPS) is 23.5. The molecule has 14 nitrogen and oxygen atoms in total. The number of hydrogen-bond donors (Lipinski definition) is 9. The molecule has 2 aliphatic rings. The predicted octanol–water partition coefficient (Wildman–Crippen LogP) is 8.29. The van der Waals surface area contributed by atoms with Gasteiger partial charge in [-0.15, -0.1) is 69.9 Å². The number of aliphatic hydroxyl groups excluding tert-OH is 8. The maximum absolute atomic E-state index is 13.3. The van der Waals surface area contributed by atoms with Crippen molar-refractivity contribution in [3.8, 4) is 32.4 Å². The Hall–Kier alpha value is -4.34. The SMILES string of the molecule is BrB(Br)Br.COc1c(Cc2ncc(-c3ccc(F)cc3)s2)cc([C@@H]2O[C@H](CO)[C@@H](O)[C@H](O)[C@H]2O)c2ccccc12.OC[C@H]1O[C@@H](c2cc(Cc3ncc(-c4ccc(F)cc4)s3)c(O)c3ccccc23)[C@H](O)[C@@H](O)[C@@H]1O. The van der Waals surface area contributed by atoms with Crippen LogP contribution in [0.5, 0.6) is 11.5 Å². The number of ether oxygens (including phenoxy) is 3. The summed E-state index contributed by atoms with van der Waals surface area (Å²) in [4.78, 5) is 10.8. The topological polar surface area (TPSA) is 236 Å². The Morgan fingerprint density at radius 3 is 1.37 bits per heavy atom. The van der Waals surface area contributed by atoms with Gasteiger partial charge in [0.25, 0.3) is 0 Å². The van der Waals surface area contributed by atoms with E-state index in [0.717, 1.165) is 47.2 Å². The molecule has 9 N–H and O–H groups in total. The van der Waals surface area contributed by atoms with E-state index in [1.165, 1.54) is 46.9 Å². The number of aromatic nitrogens is 2. The van der Waals surface area contributed by atoms with Crippen molar-refractivity contribution >= 4 is 94.7 Å². The number of phenolic OH excluding ortho intramolecular Hbond substituents is 1. The van der Waals surface area contributed by atoms with Crippen molar-refractivity contribution in [2.24, 2.45) is 0 Å². The summed E-state index contributed by atoms with van der Waals surface area (Å²) in [6.45, 7) is -1.04. The van der Waals surface area contributed by atoms with Crippen LogP contribution in [0.1, 0.15) is 44.5 Å². The highest BCUT2D eigenvalue weighted by Gasteiger charge is 2.46. The zero-order valence-corrected chi connectivity index (χ0v) is 46.0. The van der Waals surface area contributed by atoms with Crippen molar-refractivity contribution in [3.05, 3.63) is 165 Å². The highest BCUT2D eigenvalue weighted by molar-refractivity contribution is 9.69. The van der Waals surface area contributed by atoms with Crippen LogP contribution in [0.15, 0.2) is 122 Å². The van der Waals surface area contributed by atoms with E-state index in [1.54, 1.807) is 74.1 Å². The molecule has 0 spiro atoms. The van der Waals surface area contributed by atoms with E-state index in [4.69, 9.17) is 14.2 Å². The van der Waals surface area contributed by atoms with Gasteiger partial charge < -0.3 is 60.2 Å². The zero-order chi connectivity index (χ0) is 53.7. The number of aromatic hydroxyl groups is 1. The van der Waals surface area contributed by atoms with Crippen LogP contribution in [0.25, 0.3) is 42.4 Å². The average molecular weight is 1260 g/mol. The first kappa shape index (κ1) is 56.9. The third kappa shape index (κ3) is 12.8. The summed E-state index contributed by atoms with van der Waals surface area (Å²) in [5.41, 5.74) is 4.15. The fourth-order valence-electron chi connectivity index (χ4n) is 9.19. The summed E-state index contributed by atoms with van der Waals surface area (Å²) in [5, 5.41) is 97.2. The first-order chi connectivity index (χ1) is 36.0. The van der Waals surface area contributed by atoms with Gasteiger partial charge in [-0.3, -0.25) is 0 Å². The molecule has 10 rings (SSSR count). The van der Waals surface area contributed by atoms with Gasteiger partial charge in [-0.05, 0) is 69.4 Å². The summed E-state index contributed by atoms with van der Waals surface area (Å²) < 4.78 is 44.3. The molecular weight excluding hydrogens is 1210 g/mol. The smallest absolute Gasteiger partial charge is 0.369 e. The van der Waals surface area contributed by atoms with E-state index in [2.05, 4.69) is 57.2 Å². The second-order valence-corrected chi connectivity index (χ2v) is 26.2. The van der Waals surface area contributed by atoms with E-state index in [1.807, 2.05) is 30.3 Å². The molecule has 0 saturated carbocycles. The highest BCUT2D eigenvalue weighted by atomic mass is 79.9. The van der Waals surface area contributed by atoms with Crippen molar-refractivity contribution in [3.63, 3.8) is 0 Å². The lowest BCUT2D eigenvalue weighted by Crippen LogP contribution is -2.55. The van der Waals surface area contributed by atoms with Gasteiger partial charge >= 0.3 is 3.18 Å². The number of phenols is 1. The molecular formula is C53H50BBr3F2N2O12S2. The number of fused-ring (bicyclic) bond motifs is 2. The maximum atomic E-state index is 13.3. The lowest BCUT2D eigenvalue weighted by atomic mass is 9.87. The summed E-state index contributed by atoms with van der Waals surface area (Å²) in [7, 11) is 1.59. The fraction of sp³-hybridized carbons (Fsp3) is 0.283. The van der Waals surface area contributed by atoms with Crippen molar-refractivity contribution < 1.29 is 69.0 Å². The maximum Gasteiger partial charge on any atom is 0.369 e. The molecule has 2 aromatic heterocycles. The predicted molar refractivity (Wildman–Crippen MR) is 295 cm³/mol. The van der Waals surface area contributed by atoms with Crippen LogP contribution in [-0.2, 0) is 22.3 Å². The molecule has 22 heteroatoms. The van der Waals surface area contributed by atoms with Crippen molar-refractivity contribution in [2.75, 3.05) is 20.3 Å². The molecule has 0 amide bonds. The largest absolute Gasteiger partial charge is 0.507 e. The lowest BCUT2D eigenvalue weighted by molar-refractivity contribution is -0.231. The molecule has 394 valence electrons. The molecule has 0 aliphatic carbocycles. The molecule has 8 aromatic rings. The van der Waals surface area contributed by atoms with Crippen molar-refractivity contribution in [2.45, 2.75) is 73.9 Å². The van der Waals surface area contributed by atoms with Gasteiger partial charge in [0.05, 0.1) is 40.1 Å². The van der Waals surface area contributed by atoms with Gasteiger partial charge in [0.2, 0.25) is 0 Å². The van der Waals surface area contributed by atoms with Gasteiger partial charge in [-0.1, -0.05) is 72.8 Å². The molecule has 0 bridgehead atoms. The molecule has 6 aromatic carbocycles. The second-order valence-electron chi connectivity index (χ2n) is 17.6. The van der Waals surface area contributed by atoms with E-state index in [-0.39, 0.29) is 27.0 Å². The molecule has 2 fully saturated rings. The minimum atomic E-state index is -1.51. The standard InChI is InChI=1S/C27H26FNO6S.C26H24FNO6S.BBr3/c1-34-26-15(11-22-29-12-21(36-22)14-6-8-16(28)9-7-14)10-19(17-4-2-3-5-18(17)26)27-25(33)24(32)23(31)20(13-30)35-27;27-15-7-5-13(6-8-15)20-11-28-21(35-20)10-14-9-18(16-3-1-2-4-17(16)22(14)30)26-25(33)24(32)23(31)19(12-29)34-26;2-1(3)4/h2-10,12,20,23-25,27,30-33H,11,13H2,1H3;1-9,11,19,23-26,29-33H,10,12H2;/t20-,23-,24+,25-,27+;19-,23-,24+,25-,26+;/m11./s1.